The molecule has 0 atom stereocenters. The summed E-state index contributed by atoms with van der Waals surface area (Å²) >= 11 is 0. The second-order valence-electron chi connectivity index (χ2n) is 5.63. The molecule has 22 heavy (non-hydrogen) atoms. The Morgan fingerprint density at radius 2 is 1.95 bits per heavy atom. The Morgan fingerprint density at radius 1 is 1.18 bits per heavy atom. The normalized spacial score (nSPS) is 10.5. The maximum atomic E-state index is 11.1. The summed E-state index contributed by atoms with van der Waals surface area (Å²) in [5, 5.41) is 17.6. The van der Waals surface area contributed by atoms with Crippen molar-refractivity contribution in [2.24, 2.45) is 0 Å². The molecule has 0 amide bonds. The quantitative estimate of drug-likeness (QED) is 0.615. The number of nitrogens with zero attached hydrogens (tertiary/aromatic N) is 1. The van der Waals surface area contributed by atoms with Gasteiger partial charge in [-0.1, -0.05) is 18.2 Å². The van der Waals surface area contributed by atoms with Gasteiger partial charge in [0.1, 0.15) is 5.69 Å². The average molecular weight is 299 g/mol. The molecular weight excluding hydrogens is 278 g/mol. The first-order chi connectivity index (χ1) is 10.5. The van der Waals surface area contributed by atoms with Crippen LogP contribution in [0.4, 0.5) is 17.1 Å². The fraction of sp³-hybridized carbons (Fsp3) is 0.294. The van der Waals surface area contributed by atoms with Gasteiger partial charge in [0.05, 0.1) is 4.92 Å². The Balaban J connectivity index is 2.12. The van der Waals surface area contributed by atoms with Crippen LogP contribution in [-0.2, 0) is 6.54 Å². The number of nitro groups is 1. The number of rotatable bonds is 6. The standard InChI is InChI=1S/C17H21N3O2/c1-12(2)19-15-6-4-5-14(10-15)11-18-16-8-7-13(3)9-17(16)20(21)22/h4-10,12,18-19H,11H2,1-3H3. The summed E-state index contributed by atoms with van der Waals surface area (Å²) in [4.78, 5) is 10.8. The lowest BCUT2D eigenvalue weighted by Crippen LogP contribution is -2.10. The van der Waals surface area contributed by atoms with Gasteiger partial charge in [0.15, 0.2) is 0 Å². The van der Waals surface area contributed by atoms with E-state index in [0.29, 0.717) is 18.3 Å². The smallest absolute Gasteiger partial charge is 0.292 e. The predicted molar refractivity (Wildman–Crippen MR) is 90.4 cm³/mol. The van der Waals surface area contributed by atoms with E-state index in [9.17, 15) is 10.1 Å². The molecule has 0 fully saturated rings. The van der Waals surface area contributed by atoms with E-state index >= 15 is 0 Å². The third-order valence-electron chi connectivity index (χ3n) is 3.22. The Morgan fingerprint density at radius 3 is 2.64 bits per heavy atom. The van der Waals surface area contributed by atoms with Gasteiger partial charge in [-0.25, -0.2) is 0 Å². The van der Waals surface area contributed by atoms with Crippen molar-refractivity contribution in [2.45, 2.75) is 33.4 Å². The summed E-state index contributed by atoms with van der Waals surface area (Å²) in [6.07, 6.45) is 0. The molecule has 0 aliphatic heterocycles. The fourth-order valence-corrected chi connectivity index (χ4v) is 2.24. The van der Waals surface area contributed by atoms with Crippen molar-refractivity contribution < 1.29 is 4.92 Å². The molecule has 0 heterocycles. The number of nitrogens with one attached hydrogen (secondary N) is 2. The second-order valence-corrected chi connectivity index (χ2v) is 5.63. The second kappa shape index (κ2) is 6.93. The van der Waals surface area contributed by atoms with E-state index in [4.69, 9.17) is 0 Å². The molecule has 2 aromatic rings. The molecule has 0 unspecified atom stereocenters. The number of hydrogen-bond acceptors (Lipinski definition) is 4. The molecule has 0 bridgehead atoms. The third kappa shape index (κ3) is 4.22. The van der Waals surface area contributed by atoms with Crippen LogP contribution in [0.15, 0.2) is 42.5 Å². The molecule has 2 aromatic carbocycles. The van der Waals surface area contributed by atoms with Crippen molar-refractivity contribution in [3.63, 3.8) is 0 Å². The zero-order chi connectivity index (χ0) is 16.1. The zero-order valence-corrected chi connectivity index (χ0v) is 13.1. The Kier molecular flexibility index (Phi) is 4.99. The summed E-state index contributed by atoms with van der Waals surface area (Å²) in [5.74, 6) is 0. The Labute approximate surface area is 130 Å². The highest BCUT2D eigenvalue weighted by molar-refractivity contribution is 5.62. The van der Waals surface area contributed by atoms with Gasteiger partial charge in [-0.3, -0.25) is 10.1 Å². The molecule has 0 spiro atoms. The maximum absolute atomic E-state index is 11.1. The minimum absolute atomic E-state index is 0.108. The molecule has 5 heteroatoms. The molecule has 116 valence electrons. The van der Waals surface area contributed by atoms with Crippen LogP contribution >= 0.6 is 0 Å². The lowest BCUT2D eigenvalue weighted by molar-refractivity contribution is -0.384. The number of nitro benzene ring substituents is 1. The van der Waals surface area contributed by atoms with E-state index in [1.165, 1.54) is 0 Å². The van der Waals surface area contributed by atoms with E-state index in [1.54, 1.807) is 12.1 Å². The van der Waals surface area contributed by atoms with Crippen molar-refractivity contribution in [3.05, 3.63) is 63.7 Å². The Bertz CT molecular complexity index is 669. The van der Waals surface area contributed by atoms with E-state index in [2.05, 4.69) is 24.5 Å². The molecule has 2 rings (SSSR count). The summed E-state index contributed by atoms with van der Waals surface area (Å²) < 4.78 is 0. The summed E-state index contributed by atoms with van der Waals surface area (Å²) in [6.45, 7) is 6.55. The third-order valence-corrected chi connectivity index (χ3v) is 3.22. The summed E-state index contributed by atoms with van der Waals surface area (Å²) in [6, 6.07) is 13.6. The topological polar surface area (TPSA) is 67.2 Å². The number of hydrogen-bond donors (Lipinski definition) is 2. The van der Waals surface area contributed by atoms with Crippen LogP contribution in [0.3, 0.4) is 0 Å². The highest BCUT2D eigenvalue weighted by Gasteiger charge is 2.13. The van der Waals surface area contributed by atoms with Crippen molar-refractivity contribution in [1.82, 2.24) is 0 Å². The van der Waals surface area contributed by atoms with Crippen molar-refractivity contribution in [3.8, 4) is 0 Å². The van der Waals surface area contributed by atoms with Gasteiger partial charge in [-0.2, -0.15) is 0 Å². The van der Waals surface area contributed by atoms with E-state index in [-0.39, 0.29) is 10.6 Å². The number of anilines is 2. The SMILES string of the molecule is Cc1ccc(NCc2cccc(NC(C)C)c2)c([N+](=O)[O-])c1. The molecule has 0 aliphatic carbocycles. The van der Waals surface area contributed by atoms with Gasteiger partial charge in [-0.05, 0) is 50.1 Å². The summed E-state index contributed by atoms with van der Waals surface area (Å²) in [5.41, 5.74) is 3.64. The van der Waals surface area contributed by atoms with Crippen molar-refractivity contribution >= 4 is 17.1 Å². The molecule has 0 saturated carbocycles. The molecule has 5 nitrogen and oxygen atoms in total. The largest absolute Gasteiger partial charge is 0.383 e. The fourth-order valence-electron chi connectivity index (χ4n) is 2.24. The zero-order valence-electron chi connectivity index (χ0n) is 13.1. The number of aryl methyl sites for hydroxylation is 1. The first-order valence-corrected chi connectivity index (χ1v) is 7.30. The van der Waals surface area contributed by atoms with Crippen molar-refractivity contribution in [1.29, 1.82) is 0 Å². The van der Waals surface area contributed by atoms with Crippen molar-refractivity contribution in [2.75, 3.05) is 10.6 Å². The van der Waals surface area contributed by atoms with Crippen LogP contribution in [0.1, 0.15) is 25.0 Å². The van der Waals surface area contributed by atoms with Crippen LogP contribution < -0.4 is 10.6 Å². The van der Waals surface area contributed by atoms with Gasteiger partial charge < -0.3 is 10.6 Å². The van der Waals surface area contributed by atoms with Crippen LogP contribution in [0.2, 0.25) is 0 Å². The molecular formula is C17H21N3O2. The minimum atomic E-state index is -0.355. The molecule has 0 aromatic heterocycles. The maximum Gasteiger partial charge on any atom is 0.292 e. The van der Waals surface area contributed by atoms with E-state index < -0.39 is 0 Å². The van der Waals surface area contributed by atoms with Crippen LogP contribution in [0, 0.1) is 17.0 Å². The van der Waals surface area contributed by atoms with Gasteiger partial charge in [0.2, 0.25) is 0 Å². The molecule has 0 saturated heterocycles. The van der Waals surface area contributed by atoms with Crippen LogP contribution in [0.5, 0.6) is 0 Å². The van der Waals surface area contributed by atoms with Crippen LogP contribution in [-0.4, -0.2) is 11.0 Å². The van der Waals surface area contributed by atoms with Gasteiger partial charge >= 0.3 is 0 Å². The lowest BCUT2D eigenvalue weighted by Gasteiger charge is -2.12. The van der Waals surface area contributed by atoms with Crippen LogP contribution in [0.25, 0.3) is 0 Å². The first-order valence-electron chi connectivity index (χ1n) is 7.30. The van der Waals surface area contributed by atoms with Gasteiger partial charge in [-0.15, -0.1) is 0 Å². The Hall–Kier alpha value is -2.56. The summed E-state index contributed by atoms with van der Waals surface area (Å²) in [7, 11) is 0. The minimum Gasteiger partial charge on any atom is -0.383 e. The highest BCUT2D eigenvalue weighted by atomic mass is 16.6. The molecule has 0 radical (unpaired) electrons. The predicted octanol–water partition coefficient (Wildman–Crippen LogP) is 4.34. The lowest BCUT2D eigenvalue weighted by atomic mass is 10.1. The van der Waals surface area contributed by atoms with E-state index in [0.717, 1.165) is 16.8 Å². The molecule has 0 aliphatic rings. The molecule has 2 N–H and O–H groups in total. The highest BCUT2D eigenvalue weighted by Crippen LogP contribution is 2.26. The van der Waals surface area contributed by atoms with Gasteiger partial charge in [0.25, 0.3) is 5.69 Å². The number of benzene rings is 2. The van der Waals surface area contributed by atoms with E-state index in [1.807, 2.05) is 37.3 Å². The monoisotopic (exact) mass is 299 g/mol. The average Bonchev–Trinajstić information content (AvgIpc) is 2.45. The van der Waals surface area contributed by atoms with Gasteiger partial charge in [0, 0.05) is 24.3 Å². The first kappa shape index (κ1) is 15.8.